The van der Waals surface area contributed by atoms with Gasteiger partial charge in [0.25, 0.3) is 0 Å². The van der Waals surface area contributed by atoms with Gasteiger partial charge in [-0.3, -0.25) is 0 Å². The lowest BCUT2D eigenvalue weighted by Crippen LogP contribution is -2.39. The maximum atomic E-state index is 12.0. The van der Waals surface area contributed by atoms with Crippen LogP contribution in [0.15, 0.2) is 0 Å². The number of rotatable bonds is 3. The molecule has 0 aliphatic carbocycles. The van der Waals surface area contributed by atoms with Crippen molar-refractivity contribution in [3.63, 3.8) is 0 Å². The second-order valence-corrected chi connectivity index (χ2v) is 8.45. The monoisotopic (exact) mass is 300 g/mol. The van der Waals surface area contributed by atoms with Crippen LogP contribution in [0.2, 0.25) is 0 Å². The highest BCUT2D eigenvalue weighted by Gasteiger charge is 2.31. The topological polar surface area (TPSA) is 41.6 Å². The molecule has 0 bridgehead atoms. The summed E-state index contributed by atoms with van der Waals surface area (Å²) in [6.45, 7) is 10.7. The molecule has 2 heterocycles. The number of amides is 1. The molecule has 1 amide bonds. The van der Waals surface area contributed by atoms with E-state index < -0.39 is 5.60 Å². The smallest absolute Gasteiger partial charge is 0.410 e. The van der Waals surface area contributed by atoms with Crippen LogP contribution in [0.5, 0.6) is 0 Å². The molecule has 3 atom stereocenters. The molecule has 0 radical (unpaired) electrons. The number of carbonyl (C=O) groups excluding carboxylic acids is 1. The van der Waals surface area contributed by atoms with Gasteiger partial charge >= 0.3 is 6.09 Å². The highest BCUT2D eigenvalue weighted by atomic mass is 32.2. The molecule has 4 nitrogen and oxygen atoms in total. The number of ether oxygens (including phenoxy) is 1. The molecule has 20 heavy (non-hydrogen) atoms. The van der Waals surface area contributed by atoms with E-state index in [0.717, 1.165) is 31.3 Å². The van der Waals surface area contributed by atoms with Crippen LogP contribution in [0.1, 0.15) is 40.5 Å². The number of nitrogens with one attached hydrogen (secondary N) is 1. The van der Waals surface area contributed by atoms with Crippen LogP contribution in [0.25, 0.3) is 0 Å². The first-order valence-corrected chi connectivity index (χ1v) is 8.73. The van der Waals surface area contributed by atoms with E-state index in [-0.39, 0.29) is 6.09 Å². The highest BCUT2D eigenvalue weighted by Crippen LogP contribution is 2.27. The largest absolute Gasteiger partial charge is 0.444 e. The molecule has 2 aliphatic rings. The van der Waals surface area contributed by atoms with Gasteiger partial charge in [0, 0.05) is 30.9 Å². The molecular weight excluding hydrogens is 272 g/mol. The first kappa shape index (κ1) is 16.0. The number of carbonyl (C=O) groups is 1. The van der Waals surface area contributed by atoms with Crippen molar-refractivity contribution in [2.75, 3.05) is 25.4 Å². The minimum absolute atomic E-state index is 0.162. The number of thioether (sulfide) groups is 1. The number of likely N-dealkylation sites (tertiary alicyclic amines) is 1. The lowest BCUT2D eigenvalue weighted by Gasteiger charge is -2.24. The van der Waals surface area contributed by atoms with Crippen molar-refractivity contribution < 1.29 is 9.53 Å². The van der Waals surface area contributed by atoms with Crippen molar-refractivity contribution >= 4 is 17.9 Å². The molecule has 3 unspecified atom stereocenters. The maximum Gasteiger partial charge on any atom is 0.410 e. The molecule has 0 saturated carbocycles. The van der Waals surface area contributed by atoms with Crippen LogP contribution in [0.3, 0.4) is 0 Å². The fraction of sp³-hybridized carbons (Fsp3) is 0.933. The van der Waals surface area contributed by atoms with Crippen molar-refractivity contribution in [1.82, 2.24) is 10.2 Å². The third-order valence-electron chi connectivity index (χ3n) is 3.98. The average Bonchev–Trinajstić information content (AvgIpc) is 2.93. The summed E-state index contributed by atoms with van der Waals surface area (Å²) in [6.07, 6.45) is 2.19. The minimum Gasteiger partial charge on any atom is -0.444 e. The Hall–Kier alpha value is -0.420. The normalized spacial score (nSPS) is 30.8. The lowest BCUT2D eigenvalue weighted by molar-refractivity contribution is 0.0288. The van der Waals surface area contributed by atoms with Crippen LogP contribution in [-0.2, 0) is 4.74 Å². The molecule has 5 heteroatoms. The predicted molar refractivity (Wildman–Crippen MR) is 84.2 cm³/mol. The van der Waals surface area contributed by atoms with Gasteiger partial charge in [0.15, 0.2) is 0 Å². The summed E-state index contributed by atoms with van der Waals surface area (Å²) in [5.74, 6) is 1.84. The highest BCUT2D eigenvalue weighted by molar-refractivity contribution is 8.00. The Bertz CT molecular complexity index is 343. The van der Waals surface area contributed by atoms with Crippen LogP contribution in [-0.4, -0.2) is 53.3 Å². The molecule has 2 fully saturated rings. The summed E-state index contributed by atoms with van der Waals surface area (Å²) in [6, 6.07) is 0.649. The van der Waals surface area contributed by atoms with Gasteiger partial charge in [0.05, 0.1) is 0 Å². The zero-order chi connectivity index (χ0) is 14.8. The van der Waals surface area contributed by atoms with Gasteiger partial charge in [-0.2, -0.15) is 11.8 Å². The van der Waals surface area contributed by atoms with E-state index in [9.17, 15) is 4.79 Å². The van der Waals surface area contributed by atoms with Crippen LogP contribution < -0.4 is 5.32 Å². The second-order valence-electron chi connectivity index (χ2n) is 6.96. The Balaban J connectivity index is 1.71. The summed E-state index contributed by atoms with van der Waals surface area (Å²) < 4.78 is 5.43. The lowest BCUT2D eigenvalue weighted by atomic mass is 10.1. The zero-order valence-corrected chi connectivity index (χ0v) is 14.0. The van der Waals surface area contributed by atoms with Gasteiger partial charge in [-0.25, -0.2) is 4.79 Å². The van der Waals surface area contributed by atoms with E-state index in [2.05, 4.69) is 24.0 Å². The maximum absolute atomic E-state index is 12.0. The average molecular weight is 300 g/mol. The first-order valence-electron chi connectivity index (χ1n) is 7.68. The van der Waals surface area contributed by atoms with Crippen molar-refractivity contribution in [3.05, 3.63) is 0 Å². The van der Waals surface area contributed by atoms with E-state index in [4.69, 9.17) is 4.74 Å². The van der Waals surface area contributed by atoms with Crippen molar-refractivity contribution in [1.29, 1.82) is 0 Å². The van der Waals surface area contributed by atoms with Gasteiger partial charge in [-0.05, 0) is 45.3 Å². The molecule has 1 N–H and O–H groups in total. The minimum atomic E-state index is -0.399. The Morgan fingerprint density at radius 3 is 2.75 bits per heavy atom. The van der Waals surface area contributed by atoms with E-state index in [0.29, 0.717) is 12.0 Å². The van der Waals surface area contributed by atoms with E-state index >= 15 is 0 Å². The Kier molecular flexibility index (Phi) is 5.24. The van der Waals surface area contributed by atoms with Gasteiger partial charge in [0.1, 0.15) is 5.60 Å². The molecule has 0 spiro atoms. The molecule has 116 valence electrons. The second kappa shape index (κ2) is 6.56. The molecule has 2 saturated heterocycles. The number of hydrogen-bond donors (Lipinski definition) is 1. The van der Waals surface area contributed by atoms with Gasteiger partial charge < -0.3 is 15.0 Å². The number of hydrogen-bond acceptors (Lipinski definition) is 4. The van der Waals surface area contributed by atoms with Crippen molar-refractivity contribution in [2.45, 2.75) is 57.4 Å². The molecule has 2 rings (SSSR count). The van der Waals surface area contributed by atoms with E-state index in [1.54, 1.807) is 0 Å². The Morgan fingerprint density at radius 1 is 1.40 bits per heavy atom. The third kappa shape index (κ3) is 4.55. The molecule has 0 aromatic heterocycles. The van der Waals surface area contributed by atoms with Gasteiger partial charge in [-0.1, -0.05) is 6.92 Å². The summed E-state index contributed by atoms with van der Waals surface area (Å²) in [7, 11) is 0. The SMILES string of the molecule is CC1SCCC1NCC1CCN(C(=O)OC(C)(C)C)C1. The quantitative estimate of drug-likeness (QED) is 0.870. The fourth-order valence-electron chi connectivity index (χ4n) is 2.81. The van der Waals surface area contributed by atoms with Crippen molar-refractivity contribution in [3.8, 4) is 0 Å². The van der Waals surface area contributed by atoms with Gasteiger partial charge in [-0.15, -0.1) is 0 Å². The fourth-order valence-corrected chi connectivity index (χ4v) is 4.04. The third-order valence-corrected chi connectivity index (χ3v) is 5.31. The Labute approximate surface area is 127 Å². The summed E-state index contributed by atoms with van der Waals surface area (Å²) in [5.41, 5.74) is -0.399. The Morgan fingerprint density at radius 2 is 2.15 bits per heavy atom. The molecular formula is C15H28N2O2S. The van der Waals surface area contributed by atoms with Gasteiger partial charge in [0.2, 0.25) is 0 Å². The zero-order valence-electron chi connectivity index (χ0n) is 13.1. The van der Waals surface area contributed by atoms with E-state index in [1.807, 2.05) is 25.7 Å². The van der Waals surface area contributed by atoms with E-state index in [1.165, 1.54) is 12.2 Å². The van der Waals surface area contributed by atoms with Crippen LogP contribution in [0.4, 0.5) is 4.79 Å². The van der Waals surface area contributed by atoms with Crippen molar-refractivity contribution in [2.24, 2.45) is 5.92 Å². The van der Waals surface area contributed by atoms with Crippen LogP contribution >= 0.6 is 11.8 Å². The molecule has 0 aromatic rings. The standard InChI is InChI=1S/C15H28N2O2S/c1-11-13(6-8-20-11)16-9-12-5-7-17(10-12)14(18)19-15(2,3)4/h11-13,16H,5-10H2,1-4H3. The summed E-state index contributed by atoms with van der Waals surface area (Å²) in [5, 5.41) is 4.40. The summed E-state index contributed by atoms with van der Waals surface area (Å²) in [4.78, 5) is 13.9. The predicted octanol–water partition coefficient (Wildman–Crippen LogP) is 2.73. The number of nitrogens with zero attached hydrogens (tertiary/aromatic N) is 1. The van der Waals surface area contributed by atoms with Crippen LogP contribution in [0, 0.1) is 5.92 Å². The first-order chi connectivity index (χ1) is 9.35. The molecule has 2 aliphatic heterocycles. The molecule has 0 aromatic carbocycles. The summed E-state index contributed by atoms with van der Waals surface area (Å²) >= 11 is 2.05.